The lowest BCUT2D eigenvalue weighted by molar-refractivity contribution is -0.126. The molecule has 0 aromatic rings. The molecular weight excluding hydrogens is 176 g/mol. The molecule has 0 radical (unpaired) electrons. The van der Waals surface area contributed by atoms with Crippen molar-refractivity contribution < 1.29 is 4.79 Å². The van der Waals surface area contributed by atoms with E-state index in [2.05, 4.69) is 12.2 Å². The van der Waals surface area contributed by atoms with Crippen molar-refractivity contribution in [2.75, 3.05) is 13.1 Å². The Morgan fingerprint density at radius 2 is 2.07 bits per heavy atom. The molecule has 1 rings (SSSR count). The monoisotopic (exact) mass is 198 g/mol. The summed E-state index contributed by atoms with van der Waals surface area (Å²) < 4.78 is 0. The van der Waals surface area contributed by atoms with Gasteiger partial charge in [-0.2, -0.15) is 0 Å². The second-order valence-electron chi connectivity index (χ2n) is 5.11. The Kier molecular flexibility index (Phi) is 3.53. The first-order valence-corrected chi connectivity index (χ1v) is 5.46. The van der Waals surface area contributed by atoms with Crippen LogP contribution in [0.15, 0.2) is 0 Å². The second-order valence-corrected chi connectivity index (χ2v) is 5.11. The molecule has 0 aromatic carbocycles. The van der Waals surface area contributed by atoms with Crippen molar-refractivity contribution in [2.24, 2.45) is 23.0 Å². The van der Waals surface area contributed by atoms with Crippen molar-refractivity contribution in [3.8, 4) is 0 Å². The molecule has 3 N–H and O–H groups in total. The van der Waals surface area contributed by atoms with Crippen LogP contribution in [-0.2, 0) is 4.79 Å². The summed E-state index contributed by atoms with van der Waals surface area (Å²) in [4.78, 5) is 11.7. The molecule has 0 spiro atoms. The van der Waals surface area contributed by atoms with E-state index in [1.807, 2.05) is 13.8 Å². The lowest BCUT2D eigenvalue weighted by atomic mass is 9.95. The van der Waals surface area contributed by atoms with Gasteiger partial charge in [0.05, 0.1) is 5.92 Å². The minimum atomic E-state index is -0.0302. The molecule has 1 amide bonds. The summed E-state index contributed by atoms with van der Waals surface area (Å²) in [6.45, 7) is 7.54. The fourth-order valence-electron chi connectivity index (χ4n) is 1.50. The van der Waals surface area contributed by atoms with Crippen molar-refractivity contribution in [3.05, 3.63) is 0 Å². The quantitative estimate of drug-likeness (QED) is 0.696. The van der Waals surface area contributed by atoms with Gasteiger partial charge in [0, 0.05) is 13.1 Å². The minimum absolute atomic E-state index is 0.0302. The summed E-state index contributed by atoms with van der Waals surface area (Å²) in [5.74, 6) is 0.417. The third-order valence-corrected chi connectivity index (χ3v) is 3.19. The van der Waals surface area contributed by atoms with E-state index in [9.17, 15) is 4.79 Å². The molecule has 14 heavy (non-hydrogen) atoms. The van der Waals surface area contributed by atoms with E-state index in [0.29, 0.717) is 17.9 Å². The number of amides is 1. The Labute approximate surface area is 86.4 Å². The number of nitrogens with one attached hydrogen (secondary N) is 1. The van der Waals surface area contributed by atoms with E-state index in [-0.39, 0.29) is 11.8 Å². The summed E-state index contributed by atoms with van der Waals surface area (Å²) in [6.07, 6.45) is 2.48. The van der Waals surface area contributed by atoms with Crippen LogP contribution in [0.3, 0.4) is 0 Å². The third-order valence-electron chi connectivity index (χ3n) is 3.19. The maximum Gasteiger partial charge on any atom is 0.224 e. The highest BCUT2D eigenvalue weighted by Gasteiger charge is 2.37. The predicted octanol–water partition coefficient (Wildman–Crippen LogP) is 1.13. The molecule has 3 heteroatoms. The fraction of sp³-hybridized carbons (Fsp3) is 0.909. The zero-order valence-electron chi connectivity index (χ0n) is 9.47. The molecule has 82 valence electrons. The van der Waals surface area contributed by atoms with Gasteiger partial charge in [0.1, 0.15) is 0 Å². The first kappa shape index (κ1) is 11.5. The molecule has 1 aliphatic carbocycles. The Balaban J connectivity index is 2.32. The molecule has 1 saturated carbocycles. The van der Waals surface area contributed by atoms with Crippen LogP contribution in [0.25, 0.3) is 0 Å². The van der Waals surface area contributed by atoms with Gasteiger partial charge >= 0.3 is 0 Å². The summed E-state index contributed by atoms with van der Waals surface area (Å²) in [5, 5.41) is 3.00. The number of nitrogens with two attached hydrogens (primary N) is 1. The van der Waals surface area contributed by atoms with E-state index in [1.54, 1.807) is 0 Å². The predicted molar refractivity (Wildman–Crippen MR) is 57.7 cm³/mol. The van der Waals surface area contributed by atoms with E-state index in [4.69, 9.17) is 5.73 Å². The highest BCUT2D eigenvalue weighted by Crippen LogP contribution is 2.44. The molecule has 0 saturated heterocycles. The van der Waals surface area contributed by atoms with Gasteiger partial charge in [0.25, 0.3) is 0 Å². The van der Waals surface area contributed by atoms with Gasteiger partial charge in [-0.05, 0) is 24.2 Å². The Bertz CT molecular complexity index is 209. The first-order valence-electron chi connectivity index (χ1n) is 5.46. The molecule has 1 unspecified atom stereocenters. The van der Waals surface area contributed by atoms with E-state index in [0.717, 1.165) is 6.54 Å². The summed E-state index contributed by atoms with van der Waals surface area (Å²) in [5.41, 5.74) is 5.95. The first-order chi connectivity index (χ1) is 6.48. The molecule has 0 aliphatic heterocycles. The van der Waals surface area contributed by atoms with Crippen molar-refractivity contribution in [1.82, 2.24) is 5.32 Å². The molecule has 3 nitrogen and oxygen atoms in total. The van der Waals surface area contributed by atoms with Crippen LogP contribution in [-0.4, -0.2) is 19.0 Å². The number of hydrogen-bond acceptors (Lipinski definition) is 2. The smallest absolute Gasteiger partial charge is 0.224 e. The Morgan fingerprint density at radius 3 is 2.43 bits per heavy atom. The minimum Gasteiger partial charge on any atom is -0.355 e. The van der Waals surface area contributed by atoms with Gasteiger partial charge < -0.3 is 11.1 Å². The van der Waals surface area contributed by atoms with Crippen LogP contribution in [0.2, 0.25) is 0 Å². The normalized spacial score (nSPS) is 20.6. The standard InChI is InChI=1S/C11H22N2O/c1-8(2)9(6-12)10(14)13-7-11(3)4-5-11/h8-9H,4-7,12H2,1-3H3,(H,13,14). The maximum atomic E-state index is 11.7. The highest BCUT2D eigenvalue weighted by molar-refractivity contribution is 5.79. The van der Waals surface area contributed by atoms with E-state index in [1.165, 1.54) is 12.8 Å². The largest absolute Gasteiger partial charge is 0.355 e. The molecular formula is C11H22N2O. The molecule has 0 heterocycles. The van der Waals surface area contributed by atoms with Gasteiger partial charge in [-0.1, -0.05) is 20.8 Å². The topological polar surface area (TPSA) is 55.1 Å². The molecule has 1 fully saturated rings. The number of hydrogen-bond donors (Lipinski definition) is 2. The van der Waals surface area contributed by atoms with Gasteiger partial charge in [-0.25, -0.2) is 0 Å². The van der Waals surface area contributed by atoms with Crippen LogP contribution in [0.1, 0.15) is 33.6 Å². The third kappa shape index (κ3) is 2.98. The van der Waals surface area contributed by atoms with Gasteiger partial charge in [0.15, 0.2) is 0 Å². The molecule has 0 bridgehead atoms. The lowest BCUT2D eigenvalue weighted by Gasteiger charge is -2.19. The second kappa shape index (κ2) is 4.30. The van der Waals surface area contributed by atoms with Crippen molar-refractivity contribution in [2.45, 2.75) is 33.6 Å². The van der Waals surface area contributed by atoms with Crippen molar-refractivity contribution in [1.29, 1.82) is 0 Å². The summed E-state index contributed by atoms with van der Waals surface area (Å²) in [6, 6.07) is 0. The van der Waals surface area contributed by atoms with Crippen molar-refractivity contribution in [3.63, 3.8) is 0 Å². The van der Waals surface area contributed by atoms with Crippen LogP contribution < -0.4 is 11.1 Å². The van der Waals surface area contributed by atoms with Crippen molar-refractivity contribution >= 4 is 5.91 Å². The summed E-state index contributed by atoms with van der Waals surface area (Å²) >= 11 is 0. The van der Waals surface area contributed by atoms with Crippen LogP contribution in [0, 0.1) is 17.3 Å². The lowest BCUT2D eigenvalue weighted by Crippen LogP contribution is -2.40. The fourth-order valence-corrected chi connectivity index (χ4v) is 1.50. The van der Waals surface area contributed by atoms with Gasteiger partial charge in [-0.3, -0.25) is 4.79 Å². The van der Waals surface area contributed by atoms with Gasteiger partial charge in [-0.15, -0.1) is 0 Å². The number of carbonyl (C=O) groups is 1. The molecule has 0 aromatic heterocycles. The van der Waals surface area contributed by atoms with E-state index >= 15 is 0 Å². The van der Waals surface area contributed by atoms with E-state index < -0.39 is 0 Å². The SMILES string of the molecule is CC(C)C(CN)C(=O)NCC1(C)CC1. The Morgan fingerprint density at radius 1 is 1.50 bits per heavy atom. The zero-order valence-corrected chi connectivity index (χ0v) is 9.47. The van der Waals surface area contributed by atoms with Crippen LogP contribution >= 0.6 is 0 Å². The average Bonchev–Trinajstić information content (AvgIpc) is 2.82. The average molecular weight is 198 g/mol. The zero-order chi connectivity index (χ0) is 10.8. The maximum absolute atomic E-state index is 11.7. The molecule has 1 atom stereocenters. The Hall–Kier alpha value is -0.570. The summed E-state index contributed by atoms with van der Waals surface area (Å²) in [7, 11) is 0. The van der Waals surface area contributed by atoms with Crippen LogP contribution in [0.4, 0.5) is 0 Å². The highest BCUT2D eigenvalue weighted by atomic mass is 16.1. The number of rotatable bonds is 5. The molecule has 1 aliphatic rings. The number of carbonyl (C=O) groups excluding carboxylic acids is 1. The van der Waals surface area contributed by atoms with Crippen LogP contribution in [0.5, 0.6) is 0 Å². The van der Waals surface area contributed by atoms with Gasteiger partial charge in [0.2, 0.25) is 5.91 Å².